The van der Waals surface area contributed by atoms with E-state index < -0.39 is 0 Å². The van der Waals surface area contributed by atoms with Crippen LogP contribution in [0, 0.1) is 0 Å². The summed E-state index contributed by atoms with van der Waals surface area (Å²) in [7, 11) is 4.28. The molecule has 110 valence electrons. The zero-order valence-electron chi connectivity index (χ0n) is 12.7. The third-order valence-corrected chi connectivity index (χ3v) is 4.01. The van der Waals surface area contributed by atoms with Gasteiger partial charge in [-0.05, 0) is 54.8 Å². The van der Waals surface area contributed by atoms with Gasteiger partial charge in [0.1, 0.15) is 0 Å². The van der Waals surface area contributed by atoms with Gasteiger partial charge in [0.25, 0.3) is 0 Å². The Bertz CT molecular complexity index is 629. The standard InChI is InChI=1S/C19H21N.ClH/c1-20(2)13-12-18-17-11-7-6-10-16(17)14-19(18)15-8-4-3-5-9-15;/h3-11H,12-14H2,1-2H3;1H. The maximum Gasteiger partial charge on any atom is 0.00160 e. The molecule has 1 aliphatic carbocycles. The van der Waals surface area contributed by atoms with E-state index in [4.69, 9.17) is 0 Å². The highest BCUT2D eigenvalue weighted by atomic mass is 35.5. The molecule has 0 fully saturated rings. The molecule has 1 aliphatic rings. The summed E-state index contributed by atoms with van der Waals surface area (Å²) in [5.41, 5.74) is 7.33. The highest BCUT2D eigenvalue weighted by Gasteiger charge is 2.21. The van der Waals surface area contributed by atoms with Gasteiger partial charge in [-0.1, -0.05) is 54.6 Å². The van der Waals surface area contributed by atoms with Crippen molar-refractivity contribution < 1.29 is 0 Å². The van der Waals surface area contributed by atoms with E-state index in [9.17, 15) is 0 Å². The van der Waals surface area contributed by atoms with Crippen molar-refractivity contribution in [3.8, 4) is 0 Å². The lowest BCUT2D eigenvalue weighted by Gasteiger charge is -2.13. The Hall–Kier alpha value is -1.57. The van der Waals surface area contributed by atoms with Gasteiger partial charge in [-0.25, -0.2) is 0 Å². The van der Waals surface area contributed by atoms with Crippen LogP contribution in [0.3, 0.4) is 0 Å². The molecule has 0 radical (unpaired) electrons. The van der Waals surface area contributed by atoms with E-state index in [2.05, 4.69) is 73.6 Å². The van der Waals surface area contributed by atoms with Crippen molar-refractivity contribution in [2.24, 2.45) is 0 Å². The minimum Gasteiger partial charge on any atom is -0.309 e. The molecule has 0 heterocycles. The van der Waals surface area contributed by atoms with E-state index in [0.717, 1.165) is 19.4 Å². The summed E-state index contributed by atoms with van der Waals surface area (Å²) in [6, 6.07) is 19.7. The SMILES string of the molecule is CN(C)CCC1=C(c2ccccc2)Cc2ccccc21.Cl. The van der Waals surface area contributed by atoms with Crippen LogP contribution < -0.4 is 0 Å². The highest BCUT2D eigenvalue weighted by molar-refractivity contribution is 5.97. The Morgan fingerprint density at radius 2 is 1.57 bits per heavy atom. The molecule has 3 rings (SSSR count). The van der Waals surface area contributed by atoms with E-state index in [0.29, 0.717) is 0 Å². The molecule has 0 amide bonds. The van der Waals surface area contributed by atoms with Crippen molar-refractivity contribution in [1.82, 2.24) is 4.90 Å². The summed E-state index contributed by atoms with van der Waals surface area (Å²) in [4.78, 5) is 2.26. The van der Waals surface area contributed by atoms with Crippen LogP contribution in [0.2, 0.25) is 0 Å². The van der Waals surface area contributed by atoms with Crippen molar-refractivity contribution in [3.63, 3.8) is 0 Å². The average molecular weight is 300 g/mol. The third kappa shape index (κ3) is 3.37. The predicted octanol–water partition coefficient (Wildman–Crippen LogP) is 4.53. The normalized spacial score (nSPS) is 13.3. The monoisotopic (exact) mass is 299 g/mol. The number of hydrogen-bond donors (Lipinski definition) is 0. The maximum absolute atomic E-state index is 2.27. The van der Waals surface area contributed by atoms with Crippen molar-refractivity contribution >= 4 is 23.6 Å². The Morgan fingerprint density at radius 3 is 2.29 bits per heavy atom. The van der Waals surface area contributed by atoms with Crippen LogP contribution in [0.1, 0.15) is 23.1 Å². The molecular formula is C19H22ClN. The Kier molecular flexibility index (Phi) is 5.22. The molecule has 0 unspecified atom stereocenters. The molecule has 0 spiro atoms. The van der Waals surface area contributed by atoms with Gasteiger partial charge in [0.15, 0.2) is 0 Å². The number of halogens is 1. The largest absolute Gasteiger partial charge is 0.309 e. The fraction of sp³-hybridized carbons (Fsp3) is 0.263. The summed E-state index contributed by atoms with van der Waals surface area (Å²) < 4.78 is 0. The van der Waals surface area contributed by atoms with Crippen LogP contribution in [-0.2, 0) is 6.42 Å². The van der Waals surface area contributed by atoms with Crippen LogP contribution in [0.5, 0.6) is 0 Å². The van der Waals surface area contributed by atoms with Gasteiger partial charge in [-0.3, -0.25) is 0 Å². The molecule has 0 N–H and O–H groups in total. The molecule has 0 bridgehead atoms. The van der Waals surface area contributed by atoms with Gasteiger partial charge < -0.3 is 4.90 Å². The molecule has 0 saturated heterocycles. The Balaban J connectivity index is 0.00000161. The van der Waals surface area contributed by atoms with Crippen LogP contribution in [0.15, 0.2) is 54.6 Å². The van der Waals surface area contributed by atoms with E-state index in [1.807, 2.05) is 0 Å². The van der Waals surface area contributed by atoms with Crippen LogP contribution in [0.4, 0.5) is 0 Å². The second kappa shape index (κ2) is 6.93. The number of fused-ring (bicyclic) bond motifs is 1. The number of allylic oxidation sites excluding steroid dienone is 1. The Labute approximate surface area is 133 Å². The van der Waals surface area contributed by atoms with Crippen molar-refractivity contribution in [3.05, 3.63) is 71.3 Å². The van der Waals surface area contributed by atoms with E-state index in [1.54, 1.807) is 0 Å². The molecule has 2 heteroatoms. The molecule has 0 atom stereocenters. The fourth-order valence-electron chi connectivity index (χ4n) is 2.97. The molecule has 0 aliphatic heterocycles. The number of nitrogens with zero attached hydrogens (tertiary/aromatic N) is 1. The summed E-state index contributed by atoms with van der Waals surface area (Å²) in [6.45, 7) is 1.10. The minimum atomic E-state index is 0. The third-order valence-electron chi connectivity index (χ3n) is 4.01. The molecule has 0 saturated carbocycles. The maximum atomic E-state index is 2.27. The first-order valence-corrected chi connectivity index (χ1v) is 7.26. The van der Waals surface area contributed by atoms with Crippen molar-refractivity contribution in [1.29, 1.82) is 0 Å². The Morgan fingerprint density at radius 1 is 0.905 bits per heavy atom. The molecule has 1 nitrogen and oxygen atoms in total. The topological polar surface area (TPSA) is 3.24 Å². The van der Waals surface area contributed by atoms with Gasteiger partial charge in [-0.2, -0.15) is 0 Å². The lowest BCUT2D eigenvalue weighted by Crippen LogP contribution is -2.13. The number of hydrogen-bond acceptors (Lipinski definition) is 1. The lowest BCUT2D eigenvalue weighted by molar-refractivity contribution is 0.420. The quantitative estimate of drug-likeness (QED) is 0.802. The summed E-state index contributed by atoms with van der Waals surface area (Å²) >= 11 is 0. The summed E-state index contributed by atoms with van der Waals surface area (Å²) in [5.74, 6) is 0. The fourth-order valence-corrected chi connectivity index (χ4v) is 2.97. The first-order valence-electron chi connectivity index (χ1n) is 7.26. The van der Waals surface area contributed by atoms with Gasteiger partial charge in [0, 0.05) is 6.54 Å². The van der Waals surface area contributed by atoms with Gasteiger partial charge in [-0.15, -0.1) is 12.4 Å². The van der Waals surface area contributed by atoms with Crippen molar-refractivity contribution in [2.45, 2.75) is 12.8 Å². The average Bonchev–Trinajstić information content (AvgIpc) is 2.84. The summed E-state index contributed by atoms with van der Waals surface area (Å²) in [6.07, 6.45) is 2.19. The first-order chi connectivity index (χ1) is 9.75. The van der Waals surface area contributed by atoms with Crippen molar-refractivity contribution in [2.75, 3.05) is 20.6 Å². The van der Waals surface area contributed by atoms with Crippen LogP contribution in [0.25, 0.3) is 11.1 Å². The molecule has 0 aromatic heterocycles. The second-order valence-electron chi connectivity index (χ2n) is 5.71. The molecule has 2 aromatic carbocycles. The van der Waals surface area contributed by atoms with E-state index >= 15 is 0 Å². The van der Waals surface area contributed by atoms with Crippen LogP contribution >= 0.6 is 12.4 Å². The molecule has 21 heavy (non-hydrogen) atoms. The van der Waals surface area contributed by atoms with Gasteiger partial charge >= 0.3 is 0 Å². The predicted molar refractivity (Wildman–Crippen MR) is 93.8 cm³/mol. The van der Waals surface area contributed by atoms with Gasteiger partial charge in [0.05, 0.1) is 0 Å². The zero-order chi connectivity index (χ0) is 13.9. The molecular weight excluding hydrogens is 278 g/mol. The highest BCUT2D eigenvalue weighted by Crippen LogP contribution is 2.39. The number of benzene rings is 2. The first kappa shape index (κ1) is 15.8. The van der Waals surface area contributed by atoms with E-state index in [-0.39, 0.29) is 12.4 Å². The number of rotatable bonds is 4. The second-order valence-corrected chi connectivity index (χ2v) is 5.71. The smallest absolute Gasteiger partial charge is 0.00160 e. The van der Waals surface area contributed by atoms with E-state index in [1.165, 1.54) is 27.8 Å². The zero-order valence-corrected chi connectivity index (χ0v) is 13.5. The summed E-state index contributed by atoms with van der Waals surface area (Å²) in [5, 5.41) is 0. The van der Waals surface area contributed by atoms with Gasteiger partial charge in [0.2, 0.25) is 0 Å². The molecule has 2 aromatic rings. The minimum absolute atomic E-state index is 0. The van der Waals surface area contributed by atoms with Crippen LogP contribution in [-0.4, -0.2) is 25.5 Å². The lowest BCUT2D eigenvalue weighted by atomic mass is 9.98.